The second-order valence-electron chi connectivity index (χ2n) is 5.94. The van der Waals surface area contributed by atoms with Crippen LogP contribution in [0.15, 0.2) is 45.2 Å². The first kappa shape index (κ1) is 18.8. The molecule has 3 rings (SSSR count). The molecule has 0 bridgehead atoms. The maximum atomic E-state index is 12.9. The topological polar surface area (TPSA) is 61.2 Å². The third-order valence-electron chi connectivity index (χ3n) is 4.03. The lowest BCUT2D eigenvalue weighted by molar-refractivity contribution is -0.144. The fourth-order valence-corrected chi connectivity index (χ4v) is 3.82. The molecule has 1 aromatic carbocycles. The van der Waals surface area contributed by atoms with Crippen LogP contribution in [0.1, 0.15) is 26.2 Å². The van der Waals surface area contributed by atoms with Gasteiger partial charge in [-0.05, 0) is 24.1 Å². The standard InChI is InChI=1S/C19H19BrN2O3S/c1-2-3-4-9-25-16(23)10-22-12-21-18-17(19(22)24)15(11-26-18)13-5-7-14(20)8-6-13/h5-8,11-12H,2-4,9-10H2,1H3. The number of thiophene rings is 1. The van der Waals surface area contributed by atoms with E-state index in [1.807, 2.05) is 29.6 Å². The minimum atomic E-state index is -0.412. The summed E-state index contributed by atoms with van der Waals surface area (Å²) in [7, 11) is 0. The lowest BCUT2D eigenvalue weighted by Gasteiger charge is -2.07. The van der Waals surface area contributed by atoms with Crippen molar-refractivity contribution in [3.8, 4) is 11.1 Å². The van der Waals surface area contributed by atoms with E-state index in [4.69, 9.17) is 4.74 Å². The molecule has 2 heterocycles. The summed E-state index contributed by atoms with van der Waals surface area (Å²) in [6.45, 7) is 2.36. The SMILES string of the molecule is CCCCCOC(=O)Cn1cnc2scc(-c3ccc(Br)cc3)c2c1=O. The smallest absolute Gasteiger partial charge is 0.326 e. The lowest BCUT2D eigenvalue weighted by Crippen LogP contribution is -2.25. The van der Waals surface area contributed by atoms with Crippen molar-refractivity contribution in [3.63, 3.8) is 0 Å². The number of ether oxygens (including phenoxy) is 1. The summed E-state index contributed by atoms with van der Waals surface area (Å²) in [5, 5.41) is 2.47. The molecule has 7 heteroatoms. The molecular formula is C19H19BrN2O3S. The van der Waals surface area contributed by atoms with Crippen LogP contribution < -0.4 is 5.56 Å². The Morgan fingerprint density at radius 2 is 2.04 bits per heavy atom. The van der Waals surface area contributed by atoms with E-state index >= 15 is 0 Å². The van der Waals surface area contributed by atoms with Crippen molar-refractivity contribution in [1.29, 1.82) is 0 Å². The summed E-state index contributed by atoms with van der Waals surface area (Å²) in [4.78, 5) is 29.9. The molecular weight excluding hydrogens is 416 g/mol. The molecule has 0 radical (unpaired) electrons. The Bertz CT molecular complexity index is 963. The number of carbonyl (C=O) groups excluding carboxylic acids is 1. The van der Waals surface area contributed by atoms with Gasteiger partial charge in [-0.1, -0.05) is 47.8 Å². The van der Waals surface area contributed by atoms with E-state index in [1.54, 1.807) is 0 Å². The fraction of sp³-hybridized carbons (Fsp3) is 0.316. The lowest BCUT2D eigenvalue weighted by atomic mass is 10.1. The van der Waals surface area contributed by atoms with Gasteiger partial charge in [0.2, 0.25) is 0 Å². The number of halogens is 1. The first-order valence-electron chi connectivity index (χ1n) is 8.48. The van der Waals surface area contributed by atoms with Gasteiger partial charge in [-0.3, -0.25) is 14.2 Å². The van der Waals surface area contributed by atoms with Crippen LogP contribution in [0.3, 0.4) is 0 Å². The summed E-state index contributed by atoms with van der Waals surface area (Å²) >= 11 is 4.84. The average molecular weight is 435 g/mol. The zero-order valence-corrected chi connectivity index (χ0v) is 16.8. The van der Waals surface area contributed by atoms with Crippen molar-refractivity contribution in [2.75, 3.05) is 6.61 Å². The summed E-state index contributed by atoms with van der Waals surface area (Å²) < 4.78 is 7.49. The van der Waals surface area contributed by atoms with Gasteiger partial charge in [0.1, 0.15) is 11.4 Å². The van der Waals surface area contributed by atoms with Crippen LogP contribution in [0.5, 0.6) is 0 Å². The van der Waals surface area contributed by atoms with Gasteiger partial charge >= 0.3 is 5.97 Å². The second kappa shape index (κ2) is 8.60. The van der Waals surface area contributed by atoms with Gasteiger partial charge in [-0.25, -0.2) is 4.98 Å². The van der Waals surface area contributed by atoms with Gasteiger partial charge in [0.15, 0.2) is 0 Å². The molecule has 136 valence electrons. The Labute approximate surface area is 163 Å². The highest BCUT2D eigenvalue weighted by molar-refractivity contribution is 9.10. The van der Waals surface area contributed by atoms with Crippen molar-refractivity contribution in [2.45, 2.75) is 32.7 Å². The minimum absolute atomic E-state index is 0.122. The Morgan fingerprint density at radius 3 is 2.77 bits per heavy atom. The number of aromatic nitrogens is 2. The summed E-state index contributed by atoms with van der Waals surface area (Å²) in [5.41, 5.74) is 1.55. The van der Waals surface area contributed by atoms with Crippen LogP contribution in [0.2, 0.25) is 0 Å². The van der Waals surface area contributed by atoms with Crippen molar-refractivity contribution in [3.05, 3.63) is 50.8 Å². The van der Waals surface area contributed by atoms with Crippen molar-refractivity contribution < 1.29 is 9.53 Å². The van der Waals surface area contributed by atoms with E-state index in [9.17, 15) is 9.59 Å². The molecule has 5 nitrogen and oxygen atoms in total. The maximum Gasteiger partial charge on any atom is 0.326 e. The largest absolute Gasteiger partial charge is 0.464 e. The Morgan fingerprint density at radius 1 is 1.27 bits per heavy atom. The normalized spacial score (nSPS) is 11.0. The van der Waals surface area contributed by atoms with E-state index in [-0.39, 0.29) is 12.1 Å². The van der Waals surface area contributed by atoms with Crippen LogP contribution in [-0.4, -0.2) is 22.1 Å². The van der Waals surface area contributed by atoms with Crippen LogP contribution >= 0.6 is 27.3 Å². The Kier molecular flexibility index (Phi) is 6.21. The molecule has 3 aromatic rings. The van der Waals surface area contributed by atoms with Gasteiger partial charge < -0.3 is 4.74 Å². The molecule has 0 N–H and O–H groups in total. The van der Waals surface area contributed by atoms with E-state index in [0.29, 0.717) is 16.8 Å². The van der Waals surface area contributed by atoms with Crippen LogP contribution in [0.25, 0.3) is 21.3 Å². The van der Waals surface area contributed by atoms with Gasteiger partial charge in [0.05, 0.1) is 18.3 Å². The summed E-state index contributed by atoms with van der Waals surface area (Å²) in [6.07, 6.45) is 4.34. The van der Waals surface area contributed by atoms with Gasteiger partial charge in [-0.15, -0.1) is 11.3 Å². The number of carbonyl (C=O) groups is 1. The highest BCUT2D eigenvalue weighted by atomic mass is 79.9. The van der Waals surface area contributed by atoms with Gasteiger partial charge in [0, 0.05) is 15.4 Å². The second-order valence-corrected chi connectivity index (χ2v) is 7.72. The van der Waals surface area contributed by atoms with E-state index in [2.05, 4.69) is 27.8 Å². The van der Waals surface area contributed by atoms with Crippen LogP contribution in [-0.2, 0) is 16.1 Å². The molecule has 0 aliphatic heterocycles. The highest BCUT2D eigenvalue weighted by Gasteiger charge is 2.15. The molecule has 2 aromatic heterocycles. The molecule has 0 saturated carbocycles. The third-order valence-corrected chi connectivity index (χ3v) is 5.44. The number of rotatable bonds is 7. The quantitative estimate of drug-likeness (QED) is 0.401. The Hall–Kier alpha value is -1.99. The van der Waals surface area contributed by atoms with Crippen molar-refractivity contribution >= 4 is 43.5 Å². The predicted molar refractivity (Wildman–Crippen MR) is 108 cm³/mol. The number of hydrogen-bond donors (Lipinski definition) is 0. The van der Waals surface area contributed by atoms with E-state index in [0.717, 1.165) is 34.9 Å². The van der Waals surface area contributed by atoms with Gasteiger partial charge in [-0.2, -0.15) is 0 Å². The predicted octanol–water partition coefficient (Wildman–Crippen LogP) is 4.62. The average Bonchev–Trinajstić information content (AvgIpc) is 3.07. The molecule has 0 aliphatic carbocycles. The molecule has 26 heavy (non-hydrogen) atoms. The number of fused-ring (bicyclic) bond motifs is 1. The van der Waals surface area contributed by atoms with E-state index < -0.39 is 5.97 Å². The minimum Gasteiger partial charge on any atom is -0.464 e. The first-order valence-corrected chi connectivity index (χ1v) is 10.2. The fourth-order valence-electron chi connectivity index (χ4n) is 2.64. The Balaban J connectivity index is 1.86. The monoisotopic (exact) mass is 434 g/mol. The number of hydrogen-bond acceptors (Lipinski definition) is 5. The van der Waals surface area contributed by atoms with Crippen molar-refractivity contribution in [2.24, 2.45) is 0 Å². The van der Waals surface area contributed by atoms with E-state index in [1.165, 1.54) is 22.2 Å². The summed E-state index contributed by atoms with van der Waals surface area (Å²) in [6, 6.07) is 7.76. The number of nitrogens with zero attached hydrogens (tertiary/aromatic N) is 2. The highest BCUT2D eigenvalue weighted by Crippen LogP contribution is 2.31. The van der Waals surface area contributed by atoms with Gasteiger partial charge in [0.25, 0.3) is 5.56 Å². The zero-order chi connectivity index (χ0) is 18.5. The number of unbranched alkanes of at least 4 members (excludes halogenated alkanes) is 2. The van der Waals surface area contributed by atoms with Crippen LogP contribution in [0, 0.1) is 0 Å². The molecule has 0 amide bonds. The van der Waals surface area contributed by atoms with Crippen LogP contribution in [0.4, 0.5) is 0 Å². The maximum absolute atomic E-state index is 12.9. The molecule has 0 atom stereocenters. The molecule has 0 aliphatic rings. The summed E-state index contributed by atoms with van der Waals surface area (Å²) in [5.74, 6) is -0.412. The zero-order valence-electron chi connectivity index (χ0n) is 14.4. The molecule has 0 unspecified atom stereocenters. The first-order chi connectivity index (χ1) is 12.6. The number of benzene rings is 1. The molecule has 0 saturated heterocycles. The number of esters is 1. The molecule has 0 fully saturated rings. The van der Waals surface area contributed by atoms with Crippen molar-refractivity contribution in [1.82, 2.24) is 9.55 Å². The molecule has 0 spiro atoms. The third kappa shape index (κ3) is 4.22.